The van der Waals surface area contributed by atoms with Gasteiger partial charge >= 0.3 is 0 Å². The van der Waals surface area contributed by atoms with Crippen molar-refractivity contribution >= 4 is 0 Å². The van der Waals surface area contributed by atoms with Gasteiger partial charge in [0.2, 0.25) is 0 Å². The van der Waals surface area contributed by atoms with Gasteiger partial charge in [-0.05, 0) is 42.7 Å². The molecule has 0 aliphatic carbocycles. The van der Waals surface area contributed by atoms with Crippen LogP contribution in [0.1, 0.15) is 44.2 Å². The molecule has 2 atom stereocenters. The predicted octanol–water partition coefficient (Wildman–Crippen LogP) is 2.28. The Bertz CT molecular complexity index is 523. The zero-order valence-electron chi connectivity index (χ0n) is 15.8. The Morgan fingerprint density at radius 2 is 1.60 bits per heavy atom. The lowest BCUT2D eigenvalue weighted by Crippen LogP contribution is -2.55. The second-order valence-electron chi connectivity index (χ2n) is 8.34. The fourth-order valence-corrected chi connectivity index (χ4v) is 4.28. The lowest BCUT2D eigenvalue weighted by Gasteiger charge is -2.43. The van der Waals surface area contributed by atoms with Crippen molar-refractivity contribution in [2.45, 2.75) is 64.3 Å². The number of hydrogen-bond acceptors (Lipinski definition) is 4. The molecule has 1 aromatic carbocycles. The summed E-state index contributed by atoms with van der Waals surface area (Å²) >= 11 is 0. The fraction of sp³-hybridized carbons (Fsp3) is 0.714. The van der Waals surface area contributed by atoms with Gasteiger partial charge < -0.3 is 10.2 Å². The van der Waals surface area contributed by atoms with E-state index in [2.05, 4.69) is 47.9 Å². The summed E-state index contributed by atoms with van der Waals surface area (Å²) in [5.41, 5.74) is 2.74. The molecule has 140 valence electrons. The molecule has 4 nitrogen and oxygen atoms in total. The van der Waals surface area contributed by atoms with Crippen molar-refractivity contribution in [3.8, 4) is 0 Å². The van der Waals surface area contributed by atoms with Crippen LogP contribution in [0.15, 0.2) is 24.3 Å². The molecule has 25 heavy (non-hydrogen) atoms. The van der Waals surface area contributed by atoms with E-state index < -0.39 is 0 Å². The summed E-state index contributed by atoms with van der Waals surface area (Å²) in [6, 6.07) is 9.23. The molecule has 0 spiro atoms. The van der Waals surface area contributed by atoms with E-state index in [0.717, 1.165) is 58.4 Å². The minimum atomic E-state index is -0.288. The summed E-state index contributed by atoms with van der Waals surface area (Å²) in [6.45, 7) is 9.04. The van der Waals surface area contributed by atoms with Gasteiger partial charge in [-0.1, -0.05) is 38.1 Å². The molecule has 1 aromatic rings. The van der Waals surface area contributed by atoms with Crippen LogP contribution in [0.2, 0.25) is 0 Å². The quantitative estimate of drug-likeness (QED) is 0.859. The van der Waals surface area contributed by atoms with Crippen molar-refractivity contribution in [3.05, 3.63) is 35.4 Å². The largest absolute Gasteiger partial charge is 0.393 e. The number of rotatable bonds is 5. The Hall–Kier alpha value is -0.940. The number of aliphatic hydroxyl groups is 2. The van der Waals surface area contributed by atoms with Gasteiger partial charge in [0, 0.05) is 38.8 Å². The predicted molar refractivity (Wildman–Crippen MR) is 101 cm³/mol. The van der Waals surface area contributed by atoms with Gasteiger partial charge in [0.25, 0.3) is 0 Å². The van der Waals surface area contributed by atoms with Gasteiger partial charge in [0.1, 0.15) is 0 Å². The van der Waals surface area contributed by atoms with Gasteiger partial charge in [-0.25, -0.2) is 0 Å². The molecule has 2 fully saturated rings. The van der Waals surface area contributed by atoms with Crippen molar-refractivity contribution in [3.63, 3.8) is 0 Å². The van der Waals surface area contributed by atoms with Gasteiger partial charge in [0.05, 0.1) is 12.2 Å². The first kappa shape index (κ1) is 18.8. The van der Waals surface area contributed by atoms with E-state index in [0.29, 0.717) is 5.92 Å². The molecule has 0 amide bonds. The van der Waals surface area contributed by atoms with Crippen molar-refractivity contribution in [1.82, 2.24) is 9.80 Å². The second kappa shape index (κ2) is 8.63. The molecule has 2 aliphatic rings. The highest BCUT2D eigenvalue weighted by atomic mass is 16.3. The lowest BCUT2D eigenvalue weighted by atomic mass is 9.96. The van der Waals surface area contributed by atoms with E-state index in [1.54, 1.807) is 0 Å². The summed E-state index contributed by atoms with van der Waals surface area (Å²) in [5, 5.41) is 20.3. The number of piperidine rings is 2. The Morgan fingerprint density at radius 1 is 0.960 bits per heavy atom. The Kier molecular flexibility index (Phi) is 6.50. The molecule has 0 aromatic heterocycles. The highest BCUT2D eigenvalue weighted by molar-refractivity contribution is 5.23. The van der Waals surface area contributed by atoms with Gasteiger partial charge in [0.15, 0.2) is 0 Å². The first-order chi connectivity index (χ1) is 12.0. The first-order valence-electron chi connectivity index (χ1n) is 9.91. The summed E-state index contributed by atoms with van der Waals surface area (Å²) in [4.78, 5) is 4.76. The molecule has 4 heteroatoms. The molecule has 3 rings (SSSR count). The van der Waals surface area contributed by atoms with Crippen LogP contribution in [0.3, 0.4) is 0 Å². The SMILES string of the molecule is CC(C)Cc1ccc(CN2CC[C@@H](N3CCC(O)CC3)[C@H](O)C2)cc1. The van der Waals surface area contributed by atoms with E-state index in [1.165, 1.54) is 11.1 Å². The van der Waals surface area contributed by atoms with E-state index in [4.69, 9.17) is 0 Å². The van der Waals surface area contributed by atoms with Crippen LogP contribution in [0.25, 0.3) is 0 Å². The highest BCUT2D eigenvalue weighted by Gasteiger charge is 2.33. The first-order valence-corrected chi connectivity index (χ1v) is 9.91. The summed E-state index contributed by atoms with van der Waals surface area (Å²) < 4.78 is 0. The van der Waals surface area contributed by atoms with Gasteiger partial charge in [-0.15, -0.1) is 0 Å². The third-order valence-electron chi connectivity index (χ3n) is 5.67. The van der Waals surface area contributed by atoms with Crippen LogP contribution in [-0.4, -0.2) is 64.4 Å². The third kappa shape index (κ3) is 5.27. The van der Waals surface area contributed by atoms with E-state index >= 15 is 0 Å². The Labute approximate surface area is 152 Å². The molecule has 0 unspecified atom stereocenters. The smallest absolute Gasteiger partial charge is 0.0822 e. The zero-order chi connectivity index (χ0) is 17.8. The van der Waals surface area contributed by atoms with Gasteiger partial charge in [-0.3, -0.25) is 9.80 Å². The average Bonchev–Trinajstić information content (AvgIpc) is 2.57. The summed E-state index contributed by atoms with van der Waals surface area (Å²) in [6.07, 6.45) is 3.40. The van der Waals surface area contributed by atoms with Crippen LogP contribution < -0.4 is 0 Å². The van der Waals surface area contributed by atoms with Crippen molar-refractivity contribution in [1.29, 1.82) is 0 Å². The monoisotopic (exact) mass is 346 g/mol. The number of likely N-dealkylation sites (tertiary alicyclic amines) is 2. The number of aliphatic hydroxyl groups excluding tert-OH is 2. The molecule has 2 saturated heterocycles. The standard InChI is InChI=1S/C21H34N2O2/c1-16(2)13-17-3-5-18(6-4-17)14-22-10-9-20(21(25)15-22)23-11-7-19(24)8-12-23/h3-6,16,19-21,24-25H,7-15H2,1-2H3/t20-,21-/m1/s1. The summed E-state index contributed by atoms with van der Waals surface area (Å²) in [5.74, 6) is 0.691. The minimum Gasteiger partial charge on any atom is -0.393 e. The van der Waals surface area contributed by atoms with Crippen molar-refractivity contribution in [2.24, 2.45) is 5.92 Å². The normalized spacial score (nSPS) is 27.1. The van der Waals surface area contributed by atoms with Crippen LogP contribution in [0, 0.1) is 5.92 Å². The molecular weight excluding hydrogens is 312 g/mol. The molecule has 2 heterocycles. The second-order valence-corrected chi connectivity index (χ2v) is 8.34. The maximum absolute atomic E-state index is 10.6. The number of hydrogen-bond donors (Lipinski definition) is 2. The molecule has 2 N–H and O–H groups in total. The maximum atomic E-state index is 10.6. The molecule has 0 radical (unpaired) electrons. The Balaban J connectivity index is 1.49. The van der Waals surface area contributed by atoms with Crippen LogP contribution in [0.4, 0.5) is 0 Å². The maximum Gasteiger partial charge on any atom is 0.0822 e. The lowest BCUT2D eigenvalue weighted by molar-refractivity contribution is -0.0355. The average molecular weight is 347 g/mol. The minimum absolute atomic E-state index is 0.146. The van der Waals surface area contributed by atoms with E-state index in [1.807, 2.05) is 0 Å². The number of β-amino-alcohol motifs (C(OH)–C–C–N with tert-alkyl or cyclic N) is 1. The summed E-state index contributed by atoms with van der Waals surface area (Å²) in [7, 11) is 0. The molecule has 0 bridgehead atoms. The Morgan fingerprint density at radius 3 is 2.20 bits per heavy atom. The van der Waals surface area contributed by atoms with Crippen LogP contribution in [-0.2, 0) is 13.0 Å². The number of benzene rings is 1. The van der Waals surface area contributed by atoms with Crippen LogP contribution >= 0.6 is 0 Å². The van der Waals surface area contributed by atoms with Crippen molar-refractivity contribution < 1.29 is 10.2 Å². The van der Waals surface area contributed by atoms with Gasteiger partial charge in [-0.2, -0.15) is 0 Å². The topological polar surface area (TPSA) is 46.9 Å². The number of nitrogens with zero attached hydrogens (tertiary/aromatic N) is 2. The van der Waals surface area contributed by atoms with Crippen LogP contribution in [0.5, 0.6) is 0 Å². The highest BCUT2D eigenvalue weighted by Crippen LogP contribution is 2.23. The van der Waals surface area contributed by atoms with E-state index in [-0.39, 0.29) is 18.2 Å². The zero-order valence-corrected chi connectivity index (χ0v) is 15.8. The molecule has 2 aliphatic heterocycles. The fourth-order valence-electron chi connectivity index (χ4n) is 4.28. The van der Waals surface area contributed by atoms with Crippen molar-refractivity contribution in [2.75, 3.05) is 26.2 Å². The molecular formula is C21H34N2O2. The van der Waals surface area contributed by atoms with E-state index in [9.17, 15) is 10.2 Å². The molecule has 0 saturated carbocycles. The third-order valence-corrected chi connectivity index (χ3v) is 5.67.